The number of nitrogens with zero attached hydrogens (tertiary/aromatic N) is 4. The van der Waals surface area contributed by atoms with Crippen molar-refractivity contribution in [3.63, 3.8) is 0 Å². The van der Waals surface area contributed by atoms with Crippen molar-refractivity contribution < 1.29 is 24.2 Å². The molecule has 7 heterocycles. The predicted molar refractivity (Wildman–Crippen MR) is 201 cm³/mol. The van der Waals surface area contributed by atoms with Crippen LogP contribution < -0.4 is 4.74 Å². The Labute approximate surface area is 306 Å². The zero-order valence-corrected chi connectivity index (χ0v) is 31.6. The van der Waals surface area contributed by atoms with Gasteiger partial charge in [0.05, 0.1) is 37.6 Å². The number of rotatable bonds is 7. The maximum absolute atomic E-state index is 14.0. The van der Waals surface area contributed by atoms with Crippen molar-refractivity contribution in [1.82, 2.24) is 18.9 Å². The average molecular weight is 705 g/mol. The van der Waals surface area contributed by atoms with Gasteiger partial charge in [0.25, 0.3) is 0 Å². The number of aliphatic hydroxyl groups excluding tert-OH is 1. The van der Waals surface area contributed by atoms with Gasteiger partial charge in [-0.2, -0.15) is 0 Å². The first-order valence-corrected chi connectivity index (χ1v) is 19.2. The Morgan fingerprint density at radius 3 is 2.33 bits per heavy atom. The lowest BCUT2D eigenvalue weighted by Crippen LogP contribution is -2.56. The molecule has 9 heteroatoms. The smallest absolute Gasteiger partial charge is 0.159 e. The first-order valence-electron chi connectivity index (χ1n) is 19.2. The number of benzene rings is 2. The van der Waals surface area contributed by atoms with Crippen molar-refractivity contribution in [3.05, 3.63) is 76.3 Å². The lowest BCUT2D eigenvalue weighted by Gasteiger charge is -2.53. The van der Waals surface area contributed by atoms with Crippen molar-refractivity contribution >= 4 is 33.4 Å². The summed E-state index contributed by atoms with van der Waals surface area (Å²) >= 11 is 0. The fourth-order valence-corrected chi connectivity index (χ4v) is 12.1. The number of likely N-dealkylation sites (N-methyl/N-ethyl adjacent to an activating group) is 2. The minimum absolute atomic E-state index is 0.0139. The maximum atomic E-state index is 14.0. The van der Waals surface area contributed by atoms with E-state index in [0.29, 0.717) is 13.0 Å². The molecule has 4 bridgehead atoms. The van der Waals surface area contributed by atoms with Crippen LogP contribution >= 0.6 is 0 Å². The molecule has 2 aromatic carbocycles. The Morgan fingerprint density at radius 1 is 0.904 bits per heavy atom. The van der Waals surface area contributed by atoms with Gasteiger partial charge in [-0.1, -0.05) is 18.2 Å². The summed E-state index contributed by atoms with van der Waals surface area (Å²) in [6, 6.07) is 13.7. The first kappa shape index (κ1) is 33.9. The van der Waals surface area contributed by atoms with Gasteiger partial charge in [0, 0.05) is 89.4 Å². The molecule has 52 heavy (non-hydrogen) atoms. The third-order valence-corrected chi connectivity index (χ3v) is 14.5. The summed E-state index contributed by atoms with van der Waals surface area (Å²) < 4.78 is 16.8. The second-order valence-electron chi connectivity index (χ2n) is 16.5. The van der Waals surface area contributed by atoms with E-state index in [-0.39, 0.29) is 71.9 Å². The van der Waals surface area contributed by atoms with Crippen molar-refractivity contribution in [2.75, 3.05) is 34.4 Å². The standard InChI is InChI=1S/C43H52N4O5/c1-22(49)26(27-15-38-42-29(17-36(44(38)3)32(27)19-48)24-10-8-9-11-35(24)46(42)5)14-31-40(51-7)13-12-25-30-18-37-34-21-52-20-33(23(2)50)28(34)16-39(45(37)4)43(30)47(6)41(25)31/h8-13,20,26-28,32,34,36-39,48H,14-19,21H2,1-7H3/t26-,27+,28+,32-,34-,36+,37+,38+,39+/m1/s1. The third-order valence-electron chi connectivity index (χ3n) is 14.5. The van der Waals surface area contributed by atoms with Gasteiger partial charge in [-0.05, 0) is 101 Å². The van der Waals surface area contributed by atoms with E-state index in [1.807, 2.05) is 0 Å². The molecular formula is C43H52N4O5. The Balaban J connectivity index is 1.13. The molecule has 5 aliphatic heterocycles. The van der Waals surface area contributed by atoms with Gasteiger partial charge in [0.1, 0.15) is 11.5 Å². The Bertz CT molecular complexity index is 2160. The van der Waals surface area contributed by atoms with Crippen LogP contribution in [0, 0.1) is 29.6 Å². The maximum Gasteiger partial charge on any atom is 0.159 e. The number of ketones is 2. The van der Waals surface area contributed by atoms with E-state index in [0.717, 1.165) is 48.1 Å². The summed E-state index contributed by atoms with van der Waals surface area (Å²) in [7, 11) is 10.5. The number of hydrogen-bond acceptors (Lipinski definition) is 7. The van der Waals surface area contributed by atoms with E-state index >= 15 is 0 Å². The third kappa shape index (κ3) is 4.64. The number of ether oxygens (including phenoxy) is 2. The monoisotopic (exact) mass is 704 g/mol. The number of aromatic nitrogens is 2. The average Bonchev–Trinajstić information content (AvgIpc) is 3.56. The van der Waals surface area contributed by atoms with Gasteiger partial charge < -0.3 is 23.7 Å². The topological polar surface area (TPSA) is 89.2 Å². The molecule has 1 N–H and O–H groups in total. The number of para-hydroxylation sites is 1. The van der Waals surface area contributed by atoms with E-state index in [2.05, 4.69) is 83.5 Å². The van der Waals surface area contributed by atoms with E-state index < -0.39 is 0 Å². The fraction of sp³-hybridized carbons (Fsp3) is 0.535. The lowest BCUT2D eigenvalue weighted by atomic mass is 9.64. The van der Waals surface area contributed by atoms with Crippen molar-refractivity contribution in [3.8, 4) is 5.75 Å². The van der Waals surface area contributed by atoms with Gasteiger partial charge in [0.2, 0.25) is 0 Å². The summed E-state index contributed by atoms with van der Waals surface area (Å²) in [6.07, 6.45) is 5.71. The second kappa shape index (κ2) is 12.3. The van der Waals surface area contributed by atoms with Crippen LogP contribution in [0.15, 0.2) is 48.2 Å². The normalized spacial score (nSPS) is 30.3. The fourth-order valence-electron chi connectivity index (χ4n) is 12.1. The minimum atomic E-state index is -0.274. The number of hydrogen-bond donors (Lipinski definition) is 1. The highest BCUT2D eigenvalue weighted by Gasteiger charge is 2.52. The van der Waals surface area contributed by atoms with Gasteiger partial charge >= 0.3 is 0 Å². The Morgan fingerprint density at radius 2 is 1.60 bits per heavy atom. The zero-order valence-electron chi connectivity index (χ0n) is 31.6. The van der Waals surface area contributed by atoms with Crippen molar-refractivity contribution in [2.24, 2.45) is 43.7 Å². The number of piperidine rings is 2. The van der Waals surface area contributed by atoms with Crippen LogP contribution in [0.2, 0.25) is 0 Å². The van der Waals surface area contributed by atoms with Gasteiger partial charge in [-0.15, -0.1) is 0 Å². The quantitative estimate of drug-likeness (QED) is 0.265. The van der Waals surface area contributed by atoms with Crippen LogP contribution in [-0.4, -0.2) is 82.1 Å². The van der Waals surface area contributed by atoms with Crippen LogP contribution in [0.5, 0.6) is 5.75 Å². The van der Waals surface area contributed by atoms with Crippen LogP contribution in [-0.2, 0) is 47.7 Å². The number of aryl methyl sites for hydroxylation is 2. The highest BCUT2D eigenvalue weighted by atomic mass is 16.5. The Hall–Kier alpha value is -3.92. The first-order chi connectivity index (χ1) is 25.0. The van der Waals surface area contributed by atoms with Gasteiger partial charge in [-0.3, -0.25) is 19.4 Å². The van der Waals surface area contributed by atoms with Gasteiger partial charge in [-0.25, -0.2) is 0 Å². The number of methoxy groups -OCH3 is 1. The number of aliphatic hydroxyl groups is 1. The summed E-state index contributed by atoms with van der Waals surface area (Å²) in [5.74, 6) is 1.23. The summed E-state index contributed by atoms with van der Waals surface area (Å²) in [5.41, 5.74) is 9.71. The van der Waals surface area contributed by atoms with E-state index in [1.165, 1.54) is 38.8 Å². The highest BCUT2D eigenvalue weighted by Crippen LogP contribution is 2.54. The molecule has 2 aromatic heterocycles. The summed E-state index contributed by atoms with van der Waals surface area (Å²) in [4.78, 5) is 31.7. The van der Waals surface area contributed by atoms with Crippen LogP contribution in [0.25, 0.3) is 21.8 Å². The van der Waals surface area contributed by atoms with Crippen LogP contribution in [0.3, 0.4) is 0 Å². The molecule has 4 aromatic rings. The molecule has 0 spiro atoms. The molecule has 9 atom stereocenters. The number of carbonyl (C=O) groups is 2. The van der Waals surface area contributed by atoms with Crippen LogP contribution in [0.1, 0.15) is 66.9 Å². The second-order valence-corrected chi connectivity index (χ2v) is 16.5. The van der Waals surface area contributed by atoms with Crippen LogP contribution in [0.4, 0.5) is 0 Å². The number of carbonyl (C=O) groups excluding carboxylic acids is 2. The molecule has 0 unspecified atom stereocenters. The number of allylic oxidation sites excluding steroid dienone is 1. The number of Topliss-reactive ketones (excluding diaryl/α,β-unsaturated/α-hetero) is 2. The molecule has 0 aliphatic carbocycles. The molecule has 9 rings (SSSR count). The summed E-state index contributed by atoms with van der Waals surface area (Å²) in [6.45, 7) is 4.10. The Kier molecular flexibility index (Phi) is 8.03. The van der Waals surface area contributed by atoms with Crippen molar-refractivity contribution in [2.45, 2.75) is 70.1 Å². The molecule has 274 valence electrons. The summed E-state index contributed by atoms with van der Waals surface area (Å²) in [5, 5.41) is 13.7. The predicted octanol–water partition coefficient (Wildman–Crippen LogP) is 5.69. The molecule has 5 aliphatic rings. The zero-order chi connectivity index (χ0) is 36.3. The highest BCUT2D eigenvalue weighted by molar-refractivity contribution is 5.94. The molecule has 2 fully saturated rings. The molecule has 0 saturated carbocycles. The van der Waals surface area contributed by atoms with Gasteiger partial charge in [0.15, 0.2) is 5.78 Å². The number of fused-ring (bicyclic) bond motifs is 14. The minimum Gasteiger partial charge on any atom is -0.500 e. The molecule has 2 saturated heterocycles. The molecule has 0 amide bonds. The SMILES string of the molecule is COc1ccc2c3c(n(C)c2c1C[C@H](C(C)=O)[C@@H]1C[C@H]2c4c(c5ccccc5n4C)C[C@@H]([C@@H]1CO)N2C)[C@@H]1C[C@H]2C(C(C)=O)=COC[C@H]2[C@H](C3)N1C. The van der Waals surface area contributed by atoms with E-state index in [4.69, 9.17) is 9.47 Å². The lowest BCUT2D eigenvalue weighted by molar-refractivity contribution is -0.126. The molecule has 0 radical (unpaired) electrons. The van der Waals surface area contributed by atoms with E-state index in [1.54, 1.807) is 27.2 Å². The molecular weight excluding hydrogens is 652 g/mol. The largest absolute Gasteiger partial charge is 0.500 e. The van der Waals surface area contributed by atoms with E-state index in [9.17, 15) is 14.7 Å². The molecule has 9 nitrogen and oxygen atoms in total. The van der Waals surface area contributed by atoms with Crippen molar-refractivity contribution in [1.29, 1.82) is 0 Å².